The highest BCUT2D eigenvalue weighted by atomic mass is 16.6. The number of ether oxygens (including phenoxy) is 3. The number of rotatable bonds is 9. The third-order valence-electron chi connectivity index (χ3n) is 6.36. The van der Waals surface area contributed by atoms with Gasteiger partial charge in [0.05, 0.1) is 17.7 Å². The summed E-state index contributed by atoms with van der Waals surface area (Å²) in [6.07, 6.45) is 6.61. The Bertz CT molecular complexity index is 955. The van der Waals surface area contributed by atoms with E-state index in [-0.39, 0.29) is 12.2 Å². The zero-order chi connectivity index (χ0) is 24.5. The van der Waals surface area contributed by atoms with E-state index in [1.165, 1.54) is 75.3 Å². The lowest BCUT2D eigenvalue weighted by Crippen LogP contribution is -2.26. The van der Waals surface area contributed by atoms with E-state index >= 15 is 0 Å². The smallest absolute Gasteiger partial charge is 0.347 e. The zero-order valence-electron chi connectivity index (χ0n) is 20.3. The topological polar surface area (TPSA) is 78.9 Å². The Morgan fingerprint density at radius 1 is 0.853 bits per heavy atom. The van der Waals surface area contributed by atoms with Gasteiger partial charge in [-0.05, 0) is 93.3 Å². The fourth-order valence-electron chi connectivity index (χ4n) is 4.45. The number of carbonyl (C=O) groups excluding carboxylic acids is 3. The summed E-state index contributed by atoms with van der Waals surface area (Å²) in [5.41, 5.74) is 1.84. The molecule has 0 bridgehead atoms. The lowest BCUT2D eigenvalue weighted by molar-refractivity contribution is -0.152. The number of carbonyl (C=O) groups is 3. The molecule has 1 aliphatic rings. The second-order valence-corrected chi connectivity index (χ2v) is 8.84. The van der Waals surface area contributed by atoms with Crippen LogP contribution in [0.3, 0.4) is 0 Å². The van der Waals surface area contributed by atoms with E-state index in [1.807, 2.05) is 12.1 Å². The molecule has 0 heterocycles. The third-order valence-corrected chi connectivity index (χ3v) is 6.36. The van der Waals surface area contributed by atoms with Crippen molar-refractivity contribution in [1.82, 2.24) is 0 Å². The number of hydrogen-bond acceptors (Lipinski definition) is 6. The van der Waals surface area contributed by atoms with E-state index in [4.69, 9.17) is 14.2 Å². The normalized spacial score (nSPS) is 18.6. The van der Waals surface area contributed by atoms with Gasteiger partial charge in [-0.1, -0.05) is 31.9 Å². The summed E-state index contributed by atoms with van der Waals surface area (Å²) in [5.74, 6) is 0.159. The highest BCUT2D eigenvalue weighted by Gasteiger charge is 2.22. The van der Waals surface area contributed by atoms with E-state index in [2.05, 4.69) is 19.1 Å². The van der Waals surface area contributed by atoms with E-state index in [0.717, 1.165) is 5.92 Å². The quantitative estimate of drug-likeness (QED) is 0.329. The molecule has 3 rings (SSSR count). The third kappa shape index (κ3) is 6.92. The van der Waals surface area contributed by atoms with Crippen molar-refractivity contribution in [2.45, 2.75) is 71.3 Å². The Morgan fingerprint density at radius 3 is 2.00 bits per heavy atom. The standard InChI is InChI=1S/C28H34O6/c1-4-6-20-7-9-21(10-8-20)22-15-17-25(18-16-22)34-28(31)24-13-11-23(12-14-24)27(30)33-19(3)26(29)32-5-2/h11-21H,4-10H2,1-3H3/t19-,20?,21?/m1/s1. The van der Waals surface area contributed by atoms with Crippen LogP contribution in [0.25, 0.3) is 0 Å². The summed E-state index contributed by atoms with van der Waals surface area (Å²) in [6, 6.07) is 13.7. The lowest BCUT2D eigenvalue weighted by Gasteiger charge is -2.28. The molecule has 0 amide bonds. The SMILES string of the molecule is CCCC1CCC(c2ccc(OC(=O)c3ccc(C(=O)O[C@H](C)C(=O)OCC)cc3)cc2)CC1. The van der Waals surface area contributed by atoms with Gasteiger partial charge in [0.25, 0.3) is 0 Å². The van der Waals surface area contributed by atoms with Crippen molar-refractivity contribution in [2.75, 3.05) is 6.61 Å². The van der Waals surface area contributed by atoms with E-state index in [9.17, 15) is 14.4 Å². The Morgan fingerprint density at radius 2 is 1.44 bits per heavy atom. The van der Waals surface area contributed by atoms with Crippen LogP contribution >= 0.6 is 0 Å². The van der Waals surface area contributed by atoms with Gasteiger partial charge in [-0.3, -0.25) is 0 Å². The summed E-state index contributed by atoms with van der Waals surface area (Å²) in [4.78, 5) is 36.3. The predicted molar refractivity (Wildman–Crippen MR) is 129 cm³/mol. The van der Waals surface area contributed by atoms with Gasteiger partial charge in [0.2, 0.25) is 0 Å². The summed E-state index contributed by atoms with van der Waals surface area (Å²) in [6.45, 7) is 5.59. The maximum absolute atomic E-state index is 12.5. The first kappa shape index (κ1) is 25.5. The average Bonchev–Trinajstić information content (AvgIpc) is 2.85. The van der Waals surface area contributed by atoms with E-state index < -0.39 is 24.0 Å². The van der Waals surface area contributed by atoms with Crippen LogP contribution in [0.15, 0.2) is 48.5 Å². The first-order valence-corrected chi connectivity index (χ1v) is 12.2. The number of esters is 3. The van der Waals surface area contributed by atoms with Crippen LogP contribution in [0.4, 0.5) is 0 Å². The molecule has 0 N–H and O–H groups in total. The zero-order valence-corrected chi connectivity index (χ0v) is 20.3. The molecule has 34 heavy (non-hydrogen) atoms. The number of benzene rings is 2. The molecular formula is C28H34O6. The Balaban J connectivity index is 1.52. The van der Waals surface area contributed by atoms with Crippen molar-refractivity contribution >= 4 is 17.9 Å². The Labute approximate surface area is 201 Å². The molecule has 0 spiro atoms. The van der Waals surface area contributed by atoms with Gasteiger partial charge in [-0.25, -0.2) is 14.4 Å². The van der Waals surface area contributed by atoms with Crippen LogP contribution in [0.5, 0.6) is 5.75 Å². The summed E-state index contributed by atoms with van der Waals surface area (Å²) in [5, 5.41) is 0. The molecule has 1 atom stereocenters. The summed E-state index contributed by atoms with van der Waals surface area (Å²) >= 11 is 0. The van der Waals surface area contributed by atoms with Crippen LogP contribution < -0.4 is 4.74 Å². The van der Waals surface area contributed by atoms with Gasteiger partial charge in [0.15, 0.2) is 6.10 Å². The molecule has 2 aromatic carbocycles. The molecule has 1 saturated carbocycles. The molecular weight excluding hydrogens is 432 g/mol. The molecule has 0 aromatic heterocycles. The molecule has 6 nitrogen and oxygen atoms in total. The minimum absolute atomic E-state index is 0.209. The Hall–Kier alpha value is -3.15. The predicted octanol–water partition coefficient (Wildman–Crippen LogP) is 6.09. The van der Waals surface area contributed by atoms with E-state index in [1.54, 1.807) is 6.92 Å². The van der Waals surface area contributed by atoms with Crippen molar-refractivity contribution in [2.24, 2.45) is 5.92 Å². The highest BCUT2D eigenvalue weighted by Crippen LogP contribution is 2.37. The first-order chi connectivity index (χ1) is 16.4. The molecule has 0 saturated heterocycles. The number of hydrogen-bond donors (Lipinski definition) is 0. The highest BCUT2D eigenvalue weighted by molar-refractivity contribution is 5.95. The van der Waals surface area contributed by atoms with Crippen molar-refractivity contribution in [3.8, 4) is 5.75 Å². The lowest BCUT2D eigenvalue weighted by atomic mass is 9.77. The van der Waals surface area contributed by atoms with Gasteiger partial charge < -0.3 is 14.2 Å². The van der Waals surface area contributed by atoms with Crippen molar-refractivity contribution < 1.29 is 28.6 Å². The minimum atomic E-state index is -1.01. The van der Waals surface area contributed by atoms with Gasteiger partial charge in [0, 0.05) is 0 Å². The van der Waals surface area contributed by atoms with Crippen molar-refractivity contribution in [3.05, 3.63) is 65.2 Å². The monoisotopic (exact) mass is 466 g/mol. The molecule has 6 heteroatoms. The van der Waals surface area contributed by atoms with Crippen molar-refractivity contribution in [3.63, 3.8) is 0 Å². The van der Waals surface area contributed by atoms with Crippen LogP contribution in [0.1, 0.15) is 91.5 Å². The van der Waals surface area contributed by atoms with Crippen LogP contribution in [0.2, 0.25) is 0 Å². The molecule has 1 fully saturated rings. The van der Waals surface area contributed by atoms with Gasteiger partial charge in [-0.2, -0.15) is 0 Å². The van der Waals surface area contributed by atoms with Gasteiger partial charge in [-0.15, -0.1) is 0 Å². The van der Waals surface area contributed by atoms with Gasteiger partial charge in [0.1, 0.15) is 5.75 Å². The average molecular weight is 467 g/mol. The maximum atomic E-state index is 12.5. The molecule has 0 unspecified atom stereocenters. The fraction of sp³-hybridized carbons (Fsp3) is 0.464. The first-order valence-electron chi connectivity index (χ1n) is 12.2. The molecule has 182 valence electrons. The summed E-state index contributed by atoms with van der Waals surface area (Å²) < 4.78 is 15.4. The maximum Gasteiger partial charge on any atom is 0.347 e. The van der Waals surface area contributed by atoms with E-state index in [0.29, 0.717) is 17.2 Å². The minimum Gasteiger partial charge on any atom is -0.463 e. The Kier molecular flexibility index (Phi) is 9.25. The van der Waals surface area contributed by atoms with Crippen LogP contribution in [0, 0.1) is 5.92 Å². The van der Waals surface area contributed by atoms with Gasteiger partial charge >= 0.3 is 17.9 Å². The van der Waals surface area contributed by atoms with Crippen LogP contribution in [-0.4, -0.2) is 30.6 Å². The molecule has 1 aliphatic carbocycles. The largest absolute Gasteiger partial charge is 0.463 e. The molecule has 0 radical (unpaired) electrons. The van der Waals surface area contributed by atoms with Crippen molar-refractivity contribution in [1.29, 1.82) is 0 Å². The second kappa shape index (κ2) is 12.4. The molecule has 0 aliphatic heterocycles. The second-order valence-electron chi connectivity index (χ2n) is 8.84. The molecule has 2 aromatic rings. The summed E-state index contributed by atoms with van der Waals surface area (Å²) in [7, 11) is 0. The fourth-order valence-corrected chi connectivity index (χ4v) is 4.45. The van der Waals surface area contributed by atoms with Crippen LogP contribution in [-0.2, 0) is 14.3 Å².